The quantitative estimate of drug-likeness (QED) is 0.676. The van der Waals surface area contributed by atoms with Crippen molar-refractivity contribution < 1.29 is 14.3 Å². The summed E-state index contributed by atoms with van der Waals surface area (Å²) in [5.41, 5.74) is 7.39. The van der Waals surface area contributed by atoms with Crippen LogP contribution in [0.5, 0.6) is 11.5 Å². The van der Waals surface area contributed by atoms with E-state index < -0.39 is 0 Å². The minimum Gasteiger partial charge on any atom is -0.493 e. The average Bonchev–Trinajstić information content (AvgIpc) is 2.47. The molecule has 0 amide bonds. The topological polar surface area (TPSA) is 61.5 Å². The second kappa shape index (κ2) is 6.31. The van der Waals surface area contributed by atoms with Crippen LogP contribution in [0.15, 0.2) is 42.5 Å². The molecular weight excluding hydrogens is 266 g/mol. The van der Waals surface area contributed by atoms with Crippen molar-refractivity contribution in [3.05, 3.63) is 53.6 Å². The van der Waals surface area contributed by atoms with Gasteiger partial charge in [-0.1, -0.05) is 0 Å². The standard InChI is InChI=1S/C17H19NO3/c1-11(2)21-15-9-6-13(10-16(15)20-3)17(19)12-4-7-14(18)8-5-12/h4-11H,18H2,1-3H3. The summed E-state index contributed by atoms with van der Waals surface area (Å²) < 4.78 is 10.9. The Bertz CT molecular complexity index is 633. The molecule has 2 N–H and O–H groups in total. The molecule has 2 rings (SSSR count). The van der Waals surface area contributed by atoms with E-state index in [-0.39, 0.29) is 11.9 Å². The van der Waals surface area contributed by atoms with E-state index in [0.29, 0.717) is 28.3 Å². The third-order valence-corrected chi connectivity index (χ3v) is 2.96. The Morgan fingerprint density at radius 3 is 2.19 bits per heavy atom. The highest BCUT2D eigenvalue weighted by Gasteiger charge is 2.13. The molecule has 2 aromatic carbocycles. The smallest absolute Gasteiger partial charge is 0.193 e. The fraction of sp³-hybridized carbons (Fsp3) is 0.235. The van der Waals surface area contributed by atoms with Crippen LogP contribution >= 0.6 is 0 Å². The summed E-state index contributed by atoms with van der Waals surface area (Å²) in [4.78, 5) is 12.4. The fourth-order valence-electron chi connectivity index (χ4n) is 1.96. The Labute approximate surface area is 124 Å². The number of nitrogens with two attached hydrogens (primary N) is 1. The van der Waals surface area contributed by atoms with E-state index in [1.54, 1.807) is 49.6 Å². The minimum atomic E-state index is -0.0793. The summed E-state index contributed by atoms with van der Waals surface area (Å²) in [5, 5.41) is 0. The van der Waals surface area contributed by atoms with Gasteiger partial charge in [-0.25, -0.2) is 0 Å². The first-order chi connectivity index (χ1) is 10.0. The van der Waals surface area contributed by atoms with Crippen LogP contribution < -0.4 is 15.2 Å². The summed E-state index contributed by atoms with van der Waals surface area (Å²) in [6.07, 6.45) is 0.0394. The van der Waals surface area contributed by atoms with E-state index in [2.05, 4.69) is 0 Å². The van der Waals surface area contributed by atoms with Gasteiger partial charge in [0.15, 0.2) is 17.3 Å². The fourth-order valence-corrected chi connectivity index (χ4v) is 1.96. The molecule has 4 nitrogen and oxygen atoms in total. The third-order valence-electron chi connectivity index (χ3n) is 2.96. The molecule has 0 heterocycles. The van der Waals surface area contributed by atoms with E-state index in [4.69, 9.17) is 15.2 Å². The number of nitrogen functional groups attached to an aromatic ring is 1. The van der Waals surface area contributed by atoms with Crippen LogP contribution in [0.2, 0.25) is 0 Å². The number of ether oxygens (including phenoxy) is 2. The number of ketones is 1. The second-order valence-corrected chi connectivity index (χ2v) is 4.98. The zero-order chi connectivity index (χ0) is 15.4. The minimum absolute atomic E-state index is 0.0394. The van der Waals surface area contributed by atoms with Crippen molar-refractivity contribution in [3.8, 4) is 11.5 Å². The van der Waals surface area contributed by atoms with Gasteiger partial charge in [0.1, 0.15) is 0 Å². The highest BCUT2D eigenvalue weighted by molar-refractivity contribution is 6.09. The van der Waals surface area contributed by atoms with Gasteiger partial charge in [-0.15, -0.1) is 0 Å². The predicted octanol–water partition coefficient (Wildman–Crippen LogP) is 3.30. The lowest BCUT2D eigenvalue weighted by Crippen LogP contribution is -2.08. The van der Waals surface area contributed by atoms with Gasteiger partial charge in [0, 0.05) is 16.8 Å². The molecule has 0 saturated heterocycles. The van der Waals surface area contributed by atoms with Gasteiger partial charge < -0.3 is 15.2 Å². The number of benzene rings is 2. The van der Waals surface area contributed by atoms with E-state index >= 15 is 0 Å². The molecule has 0 aliphatic rings. The third kappa shape index (κ3) is 3.54. The Morgan fingerprint density at radius 2 is 1.62 bits per heavy atom. The van der Waals surface area contributed by atoms with E-state index in [1.807, 2.05) is 13.8 Å². The molecule has 4 heteroatoms. The van der Waals surface area contributed by atoms with Crippen molar-refractivity contribution in [3.63, 3.8) is 0 Å². The largest absolute Gasteiger partial charge is 0.493 e. The summed E-state index contributed by atoms with van der Waals surface area (Å²) in [7, 11) is 1.56. The molecule has 0 radical (unpaired) electrons. The molecule has 0 spiro atoms. The molecular formula is C17H19NO3. The second-order valence-electron chi connectivity index (χ2n) is 4.98. The number of carbonyl (C=O) groups excluding carboxylic acids is 1. The predicted molar refractivity (Wildman–Crippen MR) is 83.0 cm³/mol. The Hall–Kier alpha value is -2.49. The molecule has 21 heavy (non-hydrogen) atoms. The Morgan fingerprint density at radius 1 is 1.00 bits per heavy atom. The molecule has 0 bridgehead atoms. The SMILES string of the molecule is COc1cc(C(=O)c2ccc(N)cc2)ccc1OC(C)C. The van der Waals surface area contributed by atoms with Crippen LogP contribution in [0, 0.1) is 0 Å². The highest BCUT2D eigenvalue weighted by Crippen LogP contribution is 2.29. The maximum absolute atomic E-state index is 12.4. The van der Waals surface area contributed by atoms with Crippen LogP contribution in [0.4, 0.5) is 5.69 Å². The molecule has 0 unspecified atom stereocenters. The van der Waals surface area contributed by atoms with Crippen molar-refractivity contribution >= 4 is 11.5 Å². The monoisotopic (exact) mass is 285 g/mol. The van der Waals surface area contributed by atoms with Gasteiger partial charge in [-0.3, -0.25) is 4.79 Å². The molecule has 0 fully saturated rings. The van der Waals surface area contributed by atoms with Gasteiger partial charge in [0.2, 0.25) is 0 Å². The van der Waals surface area contributed by atoms with Crippen LogP contribution in [-0.4, -0.2) is 19.0 Å². The molecule has 0 aromatic heterocycles. The first-order valence-electron chi connectivity index (χ1n) is 6.76. The van der Waals surface area contributed by atoms with Crippen LogP contribution in [0.25, 0.3) is 0 Å². The molecule has 0 aliphatic heterocycles. The normalized spacial score (nSPS) is 10.5. The highest BCUT2D eigenvalue weighted by atomic mass is 16.5. The summed E-state index contributed by atoms with van der Waals surface area (Å²) in [5.74, 6) is 1.09. The Kier molecular flexibility index (Phi) is 4.48. The lowest BCUT2D eigenvalue weighted by Gasteiger charge is -2.14. The van der Waals surface area contributed by atoms with Crippen molar-refractivity contribution in [2.75, 3.05) is 12.8 Å². The van der Waals surface area contributed by atoms with Crippen molar-refractivity contribution in [2.45, 2.75) is 20.0 Å². The Balaban J connectivity index is 2.31. The van der Waals surface area contributed by atoms with Gasteiger partial charge in [-0.2, -0.15) is 0 Å². The van der Waals surface area contributed by atoms with E-state index in [9.17, 15) is 4.79 Å². The molecule has 0 aliphatic carbocycles. The van der Waals surface area contributed by atoms with E-state index in [0.717, 1.165) is 0 Å². The number of hydrogen-bond acceptors (Lipinski definition) is 4. The zero-order valence-corrected chi connectivity index (χ0v) is 12.4. The summed E-state index contributed by atoms with van der Waals surface area (Å²) in [6.45, 7) is 3.87. The molecule has 0 saturated carbocycles. The van der Waals surface area contributed by atoms with Crippen molar-refractivity contribution in [2.24, 2.45) is 0 Å². The number of rotatable bonds is 5. The van der Waals surface area contributed by atoms with Crippen molar-refractivity contribution in [1.29, 1.82) is 0 Å². The van der Waals surface area contributed by atoms with Crippen LogP contribution in [-0.2, 0) is 0 Å². The average molecular weight is 285 g/mol. The summed E-state index contributed by atoms with van der Waals surface area (Å²) in [6, 6.07) is 12.0. The zero-order valence-electron chi connectivity index (χ0n) is 12.4. The number of anilines is 1. The lowest BCUT2D eigenvalue weighted by molar-refractivity contribution is 0.103. The first-order valence-corrected chi connectivity index (χ1v) is 6.76. The van der Waals surface area contributed by atoms with Crippen LogP contribution in [0.1, 0.15) is 29.8 Å². The van der Waals surface area contributed by atoms with Gasteiger partial charge in [0.05, 0.1) is 13.2 Å². The number of hydrogen-bond donors (Lipinski definition) is 1. The molecule has 2 aromatic rings. The maximum atomic E-state index is 12.4. The number of methoxy groups -OCH3 is 1. The lowest BCUT2D eigenvalue weighted by atomic mass is 10.0. The first kappa shape index (κ1) is 14.9. The maximum Gasteiger partial charge on any atom is 0.193 e. The summed E-state index contributed by atoms with van der Waals surface area (Å²) >= 11 is 0. The number of carbonyl (C=O) groups is 1. The van der Waals surface area contributed by atoms with Crippen molar-refractivity contribution in [1.82, 2.24) is 0 Å². The molecule has 110 valence electrons. The van der Waals surface area contributed by atoms with Crippen LogP contribution in [0.3, 0.4) is 0 Å². The van der Waals surface area contributed by atoms with Gasteiger partial charge >= 0.3 is 0 Å². The molecule has 0 atom stereocenters. The van der Waals surface area contributed by atoms with E-state index in [1.165, 1.54) is 0 Å². The van der Waals surface area contributed by atoms with Gasteiger partial charge in [-0.05, 0) is 56.3 Å². The van der Waals surface area contributed by atoms with Gasteiger partial charge in [0.25, 0.3) is 0 Å².